The molecule has 0 atom stereocenters. The first kappa shape index (κ1) is 29.0. The number of hydrogen-bond acceptors (Lipinski definition) is 5. The van der Waals surface area contributed by atoms with Crippen LogP contribution in [-0.2, 0) is 25.5 Å². The van der Waals surface area contributed by atoms with Crippen LogP contribution in [-0.4, -0.2) is 30.7 Å². The first-order valence-electron chi connectivity index (χ1n) is 12.3. The van der Waals surface area contributed by atoms with Crippen LogP contribution in [0, 0.1) is 6.92 Å². The Morgan fingerprint density at radius 1 is 0.784 bits per heavy atom. The van der Waals surface area contributed by atoms with Crippen molar-refractivity contribution in [1.82, 2.24) is 0 Å². The maximum atomic E-state index is 13.2. The lowest BCUT2D eigenvalue weighted by Gasteiger charge is -2.14. The van der Waals surface area contributed by atoms with Crippen molar-refractivity contribution in [2.75, 3.05) is 17.7 Å². The van der Waals surface area contributed by atoms with Gasteiger partial charge in [0.2, 0.25) is 11.8 Å². The van der Waals surface area contributed by atoms with E-state index >= 15 is 0 Å². The Bertz CT molecular complexity index is 1200. The third-order valence-electron chi connectivity index (χ3n) is 5.36. The highest BCUT2D eigenvalue weighted by atomic mass is 16.5. The second kappa shape index (κ2) is 15.0. The number of nitrogens with one attached hydrogen (secondary N) is 2. The standard InChI is InChI=1S/C28H28N2O5.C2H6/c1-19-11-13-20(14-12-19)17-26(32)30-24-16-15-22(29-25(31)9-6-10-27(33)35-2)18-23(24)28(34)21-7-4-3-5-8-21;1-2/h3-5,7-8,11-16,18H,6,9-10,17H2,1-2H3,(H,29,31)(H,30,32);1-2H3. The lowest BCUT2D eigenvalue weighted by Crippen LogP contribution is -2.18. The van der Waals surface area contributed by atoms with Crippen LogP contribution in [0.1, 0.15) is 60.2 Å². The van der Waals surface area contributed by atoms with Crippen LogP contribution in [0.2, 0.25) is 0 Å². The van der Waals surface area contributed by atoms with Crippen LogP contribution in [0.3, 0.4) is 0 Å². The van der Waals surface area contributed by atoms with Crippen molar-refractivity contribution < 1.29 is 23.9 Å². The molecule has 2 amide bonds. The number of carbonyl (C=O) groups is 4. The van der Waals surface area contributed by atoms with Crippen LogP contribution >= 0.6 is 0 Å². The smallest absolute Gasteiger partial charge is 0.305 e. The molecule has 0 bridgehead atoms. The van der Waals surface area contributed by atoms with Crippen molar-refractivity contribution in [1.29, 1.82) is 0 Å². The van der Waals surface area contributed by atoms with Gasteiger partial charge in [-0.25, -0.2) is 0 Å². The van der Waals surface area contributed by atoms with E-state index in [4.69, 9.17) is 0 Å². The van der Waals surface area contributed by atoms with E-state index in [-0.39, 0.29) is 48.4 Å². The molecule has 194 valence electrons. The monoisotopic (exact) mass is 502 g/mol. The molecule has 0 saturated heterocycles. The quantitative estimate of drug-likeness (QED) is 0.273. The van der Waals surface area contributed by atoms with Crippen molar-refractivity contribution in [3.63, 3.8) is 0 Å². The minimum absolute atomic E-state index is 0.131. The topological polar surface area (TPSA) is 102 Å². The fraction of sp³-hybridized carbons (Fsp3) is 0.267. The molecule has 0 aliphatic rings. The van der Waals surface area contributed by atoms with Crippen LogP contribution in [0.15, 0.2) is 72.8 Å². The van der Waals surface area contributed by atoms with Crippen LogP contribution in [0.5, 0.6) is 0 Å². The Kier molecular flexibility index (Phi) is 11.7. The number of amides is 2. The van der Waals surface area contributed by atoms with E-state index in [9.17, 15) is 19.2 Å². The third kappa shape index (κ3) is 9.37. The van der Waals surface area contributed by atoms with Gasteiger partial charge in [-0.15, -0.1) is 0 Å². The number of carbonyl (C=O) groups excluding carboxylic acids is 4. The van der Waals surface area contributed by atoms with E-state index in [0.717, 1.165) is 11.1 Å². The van der Waals surface area contributed by atoms with E-state index in [1.807, 2.05) is 51.1 Å². The highest BCUT2D eigenvalue weighted by Crippen LogP contribution is 2.24. The summed E-state index contributed by atoms with van der Waals surface area (Å²) in [6.45, 7) is 5.98. The minimum atomic E-state index is -0.376. The average Bonchev–Trinajstić information content (AvgIpc) is 2.92. The second-order valence-electron chi connectivity index (χ2n) is 8.14. The molecule has 0 spiro atoms. The van der Waals surface area contributed by atoms with E-state index in [2.05, 4.69) is 15.4 Å². The molecular formula is C30H34N2O5. The molecule has 0 fully saturated rings. The number of benzene rings is 3. The number of anilines is 2. The Morgan fingerprint density at radius 2 is 1.46 bits per heavy atom. The number of aryl methyl sites for hydroxylation is 1. The number of ether oxygens (including phenoxy) is 1. The predicted molar refractivity (Wildman–Crippen MR) is 146 cm³/mol. The van der Waals surface area contributed by atoms with Gasteiger partial charge < -0.3 is 15.4 Å². The van der Waals surface area contributed by atoms with Crippen molar-refractivity contribution in [3.8, 4) is 0 Å². The fourth-order valence-corrected chi connectivity index (χ4v) is 3.47. The van der Waals surface area contributed by atoms with Gasteiger partial charge in [0.25, 0.3) is 0 Å². The molecular weight excluding hydrogens is 468 g/mol. The average molecular weight is 503 g/mol. The molecule has 0 aliphatic carbocycles. The number of hydrogen-bond donors (Lipinski definition) is 2. The Morgan fingerprint density at radius 3 is 2.11 bits per heavy atom. The molecule has 0 radical (unpaired) electrons. The molecule has 37 heavy (non-hydrogen) atoms. The normalized spacial score (nSPS) is 9.95. The minimum Gasteiger partial charge on any atom is -0.469 e. The maximum absolute atomic E-state index is 13.2. The first-order chi connectivity index (χ1) is 17.9. The molecule has 7 nitrogen and oxygen atoms in total. The van der Waals surface area contributed by atoms with Crippen LogP contribution < -0.4 is 10.6 Å². The van der Waals surface area contributed by atoms with Gasteiger partial charge in [-0.2, -0.15) is 0 Å². The van der Waals surface area contributed by atoms with Gasteiger partial charge in [0.15, 0.2) is 5.78 Å². The number of ketones is 1. The van der Waals surface area contributed by atoms with Gasteiger partial charge in [-0.05, 0) is 37.1 Å². The zero-order valence-electron chi connectivity index (χ0n) is 21.8. The summed E-state index contributed by atoms with van der Waals surface area (Å²) in [5, 5.41) is 5.58. The number of methoxy groups -OCH3 is 1. The second-order valence-corrected chi connectivity index (χ2v) is 8.14. The van der Waals surface area contributed by atoms with Gasteiger partial charge >= 0.3 is 5.97 Å². The molecule has 0 unspecified atom stereocenters. The summed E-state index contributed by atoms with van der Waals surface area (Å²) < 4.78 is 4.58. The fourth-order valence-electron chi connectivity index (χ4n) is 3.47. The third-order valence-corrected chi connectivity index (χ3v) is 5.36. The highest BCUT2D eigenvalue weighted by molar-refractivity contribution is 6.14. The van der Waals surface area contributed by atoms with Crippen LogP contribution in [0.4, 0.5) is 11.4 Å². The predicted octanol–water partition coefficient (Wildman–Crippen LogP) is 5.72. The molecule has 7 heteroatoms. The Hall–Kier alpha value is -4.26. The molecule has 3 aromatic carbocycles. The van der Waals surface area contributed by atoms with Crippen molar-refractivity contribution in [2.45, 2.75) is 46.5 Å². The van der Waals surface area contributed by atoms with E-state index in [1.54, 1.807) is 42.5 Å². The zero-order valence-corrected chi connectivity index (χ0v) is 21.8. The molecule has 0 aliphatic heterocycles. The zero-order chi connectivity index (χ0) is 27.2. The van der Waals surface area contributed by atoms with E-state index < -0.39 is 0 Å². The SMILES string of the molecule is CC.COC(=O)CCCC(=O)Nc1ccc(NC(=O)Cc2ccc(C)cc2)c(C(=O)c2ccccc2)c1. The first-order valence-corrected chi connectivity index (χ1v) is 12.3. The van der Waals surface area contributed by atoms with Crippen LogP contribution in [0.25, 0.3) is 0 Å². The summed E-state index contributed by atoms with van der Waals surface area (Å²) in [4.78, 5) is 49.5. The van der Waals surface area contributed by atoms with Gasteiger partial charge in [0, 0.05) is 29.7 Å². The summed E-state index contributed by atoms with van der Waals surface area (Å²) >= 11 is 0. The van der Waals surface area contributed by atoms with Gasteiger partial charge in [0.05, 0.1) is 19.2 Å². The summed E-state index contributed by atoms with van der Waals surface area (Å²) in [6, 6.07) is 21.2. The Balaban J connectivity index is 0.00000235. The molecule has 0 saturated carbocycles. The van der Waals surface area contributed by atoms with E-state index in [0.29, 0.717) is 23.4 Å². The maximum Gasteiger partial charge on any atom is 0.305 e. The van der Waals surface area contributed by atoms with Crippen molar-refractivity contribution >= 4 is 34.9 Å². The molecule has 3 aromatic rings. The highest BCUT2D eigenvalue weighted by Gasteiger charge is 2.17. The molecule has 3 rings (SSSR count). The molecule has 0 heterocycles. The number of rotatable bonds is 10. The van der Waals surface area contributed by atoms with Gasteiger partial charge in [-0.3, -0.25) is 19.2 Å². The van der Waals surface area contributed by atoms with Gasteiger partial charge in [-0.1, -0.05) is 74.0 Å². The summed E-state index contributed by atoms with van der Waals surface area (Å²) in [5.74, 6) is -1.20. The van der Waals surface area contributed by atoms with E-state index in [1.165, 1.54) is 7.11 Å². The Labute approximate surface area is 218 Å². The number of esters is 1. The molecule has 2 N–H and O–H groups in total. The summed E-state index contributed by atoms with van der Waals surface area (Å²) in [5.41, 5.74) is 3.47. The lowest BCUT2D eigenvalue weighted by molar-refractivity contribution is -0.140. The van der Waals surface area contributed by atoms with Crippen molar-refractivity contribution in [3.05, 3.63) is 95.1 Å². The lowest BCUT2D eigenvalue weighted by atomic mass is 10.0. The summed E-state index contributed by atoms with van der Waals surface area (Å²) in [7, 11) is 1.30. The molecule has 0 aromatic heterocycles. The largest absolute Gasteiger partial charge is 0.469 e. The van der Waals surface area contributed by atoms with Gasteiger partial charge in [0.1, 0.15) is 0 Å². The summed E-state index contributed by atoms with van der Waals surface area (Å²) in [6.07, 6.45) is 0.791. The van der Waals surface area contributed by atoms with Crippen molar-refractivity contribution in [2.24, 2.45) is 0 Å².